The molecular formula is C28H27FN3O10PS2. The number of nitrogens with zero attached hydrogens (tertiary/aromatic N) is 1. The van der Waals surface area contributed by atoms with Crippen molar-refractivity contribution in [2.75, 3.05) is 26.0 Å². The molecule has 1 heterocycles. The number of nitriles is 1. The number of ether oxygens (including phenoxy) is 2. The molecule has 0 aliphatic rings. The van der Waals surface area contributed by atoms with Crippen LogP contribution in [-0.4, -0.2) is 55.5 Å². The van der Waals surface area contributed by atoms with Crippen LogP contribution < -0.4 is 24.0 Å². The fourth-order valence-electron chi connectivity index (χ4n) is 3.81. The van der Waals surface area contributed by atoms with E-state index in [0.29, 0.717) is 28.9 Å². The van der Waals surface area contributed by atoms with Crippen molar-refractivity contribution in [1.29, 1.82) is 5.26 Å². The summed E-state index contributed by atoms with van der Waals surface area (Å²) in [5.74, 6) is -2.36. The van der Waals surface area contributed by atoms with Crippen LogP contribution in [0.4, 0.5) is 4.39 Å². The number of carbonyl (C=O) groups excluding carboxylic acids is 1. The van der Waals surface area contributed by atoms with Crippen LogP contribution in [0.15, 0.2) is 58.8 Å². The topological polar surface area (TPSA) is 205 Å². The summed E-state index contributed by atoms with van der Waals surface area (Å²) in [6.45, 7) is 2.23. The molecule has 5 N–H and O–H groups in total. The van der Waals surface area contributed by atoms with Gasteiger partial charge in [0.1, 0.15) is 34.7 Å². The van der Waals surface area contributed by atoms with Crippen LogP contribution in [0, 0.1) is 17.1 Å². The minimum atomic E-state index is -4.62. The van der Waals surface area contributed by atoms with Gasteiger partial charge in [-0.2, -0.15) is 9.98 Å². The lowest BCUT2D eigenvalue weighted by Gasteiger charge is -2.14. The molecule has 17 heteroatoms. The average Bonchev–Trinajstić information content (AvgIpc) is 3.42. The fraction of sp³-hybridized carbons (Fsp3) is 0.214. The molecule has 13 nitrogen and oxygen atoms in total. The van der Waals surface area contributed by atoms with Gasteiger partial charge in [-0.15, -0.1) is 11.3 Å². The van der Waals surface area contributed by atoms with Gasteiger partial charge in [0.15, 0.2) is 23.0 Å². The Morgan fingerprint density at radius 3 is 2.53 bits per heavy atom. The Bertz CT molecular complexity index is 1930. The van der Waals surface area contributed by atoms with Crippen molar-refractivity contribution in [2.24, 2.45) is 0 Å². The number of para-hydroxylation sites is 1. The molecule has 0 saturated carbocycles. The maximum atomic E-state index is 13.8. The Labute approximate surface area is 261 Å². The van der Waals surface area contributed by atoms with E-state index in [1.54, 1.807) is 18.2 Å². The summed E-state index contributed by atoms with van der Waals surface area (Å²) in [5.41, 5.74) is -0.411. The Balaban J connectivity index is 1.44. The lowest BCUT2D eigenvalue weighted by molar-refractivity contribution is 0.0943. The van der Waals surface area contributed by atoms with Gasteiger partial charge in [0.05, 0.1) is 24.3 Å². The number of sulfonamides is 1. The number of hydrogen-bond donors (Lipinski definition) is 5. The molecule has 1 amide bonds. The van der Waals surface area contributed by atoms with Crippen molar-refractivity contribution in [3.05, 3.63) is 71.5 Å². The molecule has 45 heavy (non-hydrogen) atoms. The summed E-state index contributed by atoms with van der Waals surface area (Å²) in [6, 6.07) is 13.0. The summed E-state index contributed by atoms with van der Waals surface area (Å²) in [6.07, 6.45) is -0.343. The summed E-state index contributed by atoms with van der Waals surface area (Å²) in [5, 5.41) is 31.3. The average molecular weight is 680 g/mol. The first-order valence-corrected chi connectivity index (χ1v) is 17.2. The first-order chi connectivity index (χ1) is 21.3. The quantitative estimate of drug-likeness (QED) is 0.0717. The van der Waals surface area contributed by atoms with E-state index in [0.717, 1.165) is 29.5 Å². The zero-order chi connectivity index (χ0) is 32.8. The summed E-state index contributed by atoms with van der Waals surface area (Å²) in [4.78, 5) is 22.5. The fourth-order valence-corrected chi connectivity index (χ4v) is 7.76. The van der Waals surface area contributed by atoms with Crippen LogP contribution in [0.2, 0.25) is 0 Å². The highest BCUT2D eigenvalue weighted by molar-refractivity contribution is 7.92. The molecule has 0 bridgehead atoms. The van der Waals surface area contributed by atoms with E-state index in [9.17, 15) is 37.3 Å². The number of hydrogen-bond acceptors (Lipinski definition) is 11. The second-order valence-corrected chi connectivity index (χ2v) is 14.2. The van der Waals surface area contributed by atoms with Crippen LogP contribution >= 0.6 is 18.9 Å². The van der Waals surface area contributed by atoms with E-state index in [2.05, 4.69) is 5.32 Å². The number of halogens is 1. The number of phenolic OH excluding ortho intramolecular Hbond substituents is 2. The second kappa shape index (κ2) is 14.1. The molecule has 4 rings (SSSR count). The lowest BCUT2D eigenvalue weighted by atomic mass is 10.1. The van der Waals surface area contributed by atoms with Gasteiger partial charge in [-0.3, -0.25) is 4.79 Å². The number of rotatable bonds is 14. The maximum absolute atomic E-state index is 13.8. The van der Waals surface area contributed by atoms with E-state index in [-0.39, 0.29) is 40.0 Å². The molecule has 0 fully saturated rings. The lowest BCUT2D eigenvalue weighted by Crippen LogP contribution is -2.28. The third-order valence-corrected chi connectivity index (χ3v) is 10.2. The van der Waals surface area contributed by atoms with Gasteiger partial charge in [0.2, 0.25) is 0 Å². The standard InChI is InChI=1S/C28H27FN3O10PS2/c1-2-9-40-24-14-25-18(11-23(24)41-10-8-31-28(35)20-4-3-5-22(33)27(20)34)12-26(44-25)45(38,39)32-16-43(36,37)42-19-7-6-17(15-30)21(29)13-19/h3-7,11-14,32-34H,2,8-10,16H2,1H3,(H,31,35)(H,36,37). The van der Waals surface area contributed by atoms with Gasteiger partial charge in [0, 0.05) is 16.8 Å². The highest BCUT2D eigenvalue weighted by Gasteiger charge is 2.27. The highest BCUT2D eigenvalue weighted by Crippen LogP contribution is 2.43. The van der Waals surface area contributed by atoms with Crippen molar-refractivity contribution in [3.63, 3.8) is 0 Å². The van der Waals surface area contributed by atoms with E-state index in [4.69, 9.17) is 19.3 Å². The van der Waals surface area contributed by atoms with Gasteiger partial charge < -0.3 is 34.4 Å². The third kappa shape index (κ3) is 8.41. The number of amides is 1. The van der Waals surface area contributed by atoms with Gasteiger partial charge in [-0.25, -0.2) is 17.4 Å². The van der Waals surface area contributed by atoms with Crippen LogP contribution in [0.5, 0.6) is 28.7 Å². The first kappa shape index (κ1) is 33.5. The minimum absolute atomic E-state index is 0.0186. The van der Waals surface area contributed by atoms with E-state index in [1.165, 1.54) is 24.3 Å². The van der Waals surface area contributed by atoms with Crippen molar-refractivity contribution in [3.8, 4) is 34.8 Å². The summed E-state index contributed by atoms with van der Waals surface area (Å²) in [7, 11) is -8.92. The predicted molar refractivity (Wildman–Crippen MR) is 162 cm³/mol. The molecule has 0 aliphatic carbocycles. The monoisotopic (exact) mass is 679 g/mol. The number of benzene rings is 3. The molecular weight excluding hydrogens is 652 g/mol. The molecule has 3 aromatic carbocycles. The van der Waals surface area contributed by atoms with Crippen molar-refractivity contribution >= 4 is 44.9 Å². The van der Waals surface area contributed by atoms with Crippen molar-refractivity contribution in [2.45, 2.75) is 17.6 Å². The zero-order valence-electron chi connectivity index (χ0n) is 23.5. The largest absolute Gasteiger partial charge is 0.504 e. The van der Waals surface area contributed by atoms with E-state index in [1.807, 2.05) is 11.6 Å². The minimum Gasteiger partial charge on any atom is -0.504 e. The number of fused-ring (bicyclic) bond motifs is 1. The van der Waals surface area contributed by atoms with Gasteiger partial charge >= 0.3 is 7.60 Å². The van der Waals surface area contributed by atoms with Crippen LogP contribution in [-0.2, 0) is 14.6 Å². The molecule has 4 aromatic rings. The normalized spacial score (nSPS) is 12.7. The Morgan fingerprint density at radius 2 is 1.82 bits per heavy atom. The Hall–Kier alpha value is -4.39. The smallest absolute Gasteiger partial charge is 0.391 e. The maximum Gasteiger partial charge on any atom is 0.391 e. The molecule has 0 spiro atoms. The first-order valence-electron chi connectivity index (χ1n) is 13.2. The molecule has 1 aromatic heterocycles. The number of thiophene rings is 1. The van der Waals surface area contributed by atoms with Gasteiger partial charge in [-0.05, 0) is 48.2 Å². The third-order valence-electron chi connectivity index (χ3n) is 5.95. The van der Waals surface area contributed by atoms with Crippen molar-refractivity contribution in [1.82, 2.24) is 10.0 Å². The van der Waals surface area contributed by atoms with Crippen LogP contribution in [0.1, 0.15) is 29.3 Å². The summed E-state index contributed by atoms with van der Waals surface area (Å²) >= 11 is 0.874. The molecule has 1 atom stereocenters. The van der Waals surface area contributed by atoms with Gasteiger partial charge in [0.25, 0.3) is 15.9 Å². The van der Waals surface area contributed by atoms with E-state index < -0.39 is 47.1 Å². The van der Waals surface area contributed by atoms with E-state index >= 15 is 0 Å². The number of carbonyl (C=O) groups is 1. The SMILES string of the molecule is CCCOc1cc2sc(S(=O)(=O)NCP(=O)(O)Oc3ccc(C#N)c(F)c3)cc2cc1OCCNC(=O)c1cccc(O)c1O. The predicted octanol–water partition coefficient (Wildman–Crippen LogP) is 4.42. The van der Waals surface area contributed by atoms with Gasteiger partial charge in [-0.1, -0.05) is 13.0 Å². The molecule has 1 unspecified atom stereocenters. The Kier molecular flexibility index (Phi) is 10.5. The number of phenols is 2. The van der Waals surface area contributed by atoms with Crippen LogP contribution in [0.25, 0.3) is 10.1 Å². The number of nitrogens with one attached hydrogen (secondary N) is 2. The zero-order valence-corrected chi connectivity index (χ0v) is 26.0. The van der Waals surface area contributed by atoms with Crippen LogP contribution in [0.3, 0.4) is 0 Å². The van der Waals surface area contributed by atoms with Crippen molar-refractivity contribution < 1.29 is 51.3 Å². The number of aromatic hydroxyl groups is 2. The molecule has 0 radical (unpaired) electrons. The highest BCUT2D eigenvalue weighted by atomic mass is 32.2. The molecule has 238 valence electrons. The molecule has 0 saturated heterocycles. The second-order valence-electron chi connectivity index (χ2n) is 9.32. The summed E-state index contributed by atoms with van der Waals surface area (Å²) < 4.78 is 71.2. The molecule has 0 aliphatic heterocycles. The Morgan fingerprint density at radius 1 is 1.09 bits per heavy atom.